The third kappa shape index (κ3) is 3.81. The molecule has 29 heavy (non-hydrogen) atoms. The first-order valence-electron chi connectivity index (χ1n) is 9.41. The van der Waals surface area contributed by atoms with E-state index in [0.717, 1.165) is 4.90 Å². The van der Waals surface area contributed by atoms with E-state index in [0.29, 0.717) is 37.3 Å². The summed E-state index contributed by atoms with van der Waals surface area (Å²) in [7, 11) is -2.01. The summed E-state index contributed by atoms with van der Waals surface area (Å²) in [6.45, 7) is 1.04. The molecule has 2 aliphatic rings. The second kappa shape index (κ2) is 7.87. The molecule has 0 unspecified atom stereocenters. The van der Waals surface area contributed by atoms with Crippen molar-refractivity contribution in [3.05, 3.63) is 54.3 Å². The fourth-order valence-electron chi connectivity index (χ4n) is 3.80. The molecule has 0 radical (unpaired) electrons. The Morgan fingerprint density at radius 1 is 1.07 bits per heavy atom. The topological polar surface area (TPSA) is 60.9 Å². The van der Waals surface area contributed by atoms with E-state index in [4.69, 9.17) is 0 Å². The van der Waals surface area contributed by atoms with Gasteiger partial charge in [-0.2, -0.15) is 8.42 Å². The number of nitrogens with zero attached hydrogens (tertiary/aromatic N) is 3. The van der Waals surface area contributed by atoms with E-state index in [1.54, 1.807) is 30.1 Å². The molecule has 0 aromatic heterocycles. The smallest absolute Gasteiger partial charge is 0.326 e. The van der Waals surface area contributed by atoms with Gasteiger partial charge in [-0.3, -0.25) is 9.10 Å². The lowest BCUT2D eigenvalue weighted by molar-refractivity contribution is -0.129. The minimum absolute atomic E-state index is 0.0135. The van der Waals surface area contributed by atoms with E-state index in [2.05, 4.69) is 0 Å². The standard InChI is InChI=1S/C20H22FN3O3S2/c1-22-18-4-2-3-5-19(18)24(29(22,26)27)16-10-12-23(13-11-16)20(25)14-28-17-8-6-15(21)7-9-17/h2-9,16H,10-14H2,1H3. The summed E-state index contributed by atoms with van der Waals surface area (Å²) in [4.78, 5) is 15.2. The van der Waals surface area contributed by atoms with Crippen LogP contribution in [0.5, 0.6) is 0 Å². The number of thioether (sulfide) groups is 1. The zero-order valence-electron chi connectivity index (χ0n) is 16.0. The molecule has 1 amide bonds. The van der Waals surface area contributed by atoms with Gasteiger partial charge >= 0.3 is 10.2 Å². The Balaban J connectivity index is 1.38. The number of carbonyl (C=O) groups is 1. The molecule has 0 N–H and O–H groups in total. The summed E-state index contributed by atoms with van der Waals surface area (Å²) in [5.74, 6) is -0.00411. The Morgan fingerprint density at radius 2 is 1.69 bits per heavy atom. The molecular weight excluding hydrogens is 413 g/mol. The van der Waals surface area contributed by atoms with Gasteiger partial charge in [0.15, 0.2) is 0 Å². The first kappa shape index (κ1) is 20.0. The molecule has 6 nitrogen and oxygen atoms in total. The number of rotatable bonds is 4. The van der Waals surface area contributed by atoms with Crippen LogP contribution >= 0.6 is 11.8 Å². The largest absolute Gasteiger partial charge is 0.342 e. The number of amides is 1. The van der Waals surface area contributed by atoms with Crippen LogP contribution in [0.15, 0.2) is 53.4 Å². The SMILES string of the molecule is CN1c2ccccc2N(C2CCN(C(=O)CSc3ccc(F)cc3)CC2)S1(=O)=O. The van der Waals surface area contributed by atoms with E-state index < -0.39 is 10.2 Å². The molecule has 2 aromatic carbocycles. The number of piperidine rings is 1. The Kier molecular flexibility index (Phi) is 5.44. The lowest BCUT2D eigenvalue weighted by atomic mass is 10.0. The van der Waals surface area contributed by atoms with Crippen LogP contribution in [0.3, 0.4) is 0 Å². The lowest BCUT2D eigenvalue weighted by Crippen LogP contribution is -2.50. The quantitative estimate of drug-likeness (QED) is 0.693. The van der Waals surface area contributed by atoms with Gasteiger partial charge in [-0.15, -0.1) is 11.8 Å². The van der Waals surface area contributed by atoms with Crippen LogP contribution in [-0.2, 0) is 15.0 Å². The highest BCUT2D eigenvalue weighted by molar-refractivity contribution is 8.00. The molecule has 154 valence electrons. The fourth-order valence-corrected chi connectivity index (χ4v) is 6.26. The van der Waals surface area contributed by atoms with Crippen molar-refractivity contribution in [3.8, 4) is 0 Å². The van der Waals surface area contributed by atoms with Gasteiger partial charge in [0.2, 0.25) is 5.91 Å². The monoisotopic (exact) mass is 435 g/mol. The molecule has 0 spiro atoms. The molecule has 0 aliphatic carbocycles. The van der Waals surface area contributed by atoms with Gasteiger partial charge < -0.3 is 4.90 Å². The van der Waals surface area contributed by atoms with Crippen LogP contribution in [0.25, 0.3) is 0 Å². The van der Waals surface area contributed by atoms with E-state index in [1.165, 1.54) is 32.5 Å². The second-order valence-corrected chi connectivity index (χ2v) is 10.00. The number of hydrogen-bond acceptors (Lipinski definition) is 4. The first-order valence-corrected chi connectivity index (χ1v) is 11.8. The number of anilines is 2. The molecule has 0 atom stereocenters. The Morgan fingerprint density at radius 3 is 2.34 bits per heavy atom. The van der Waals surface area contributed by atoms with Gasteiger partial charge in [0.05, 0.1) is 23.2 Å². The third-order valence-electron chi connectivity index (χ3n) is 5.38. The van der Waals surface area contributed by atoms with Gasteiger partial charge in [0.25, 0.3) is 0 Å². The number of para-hydroxylation sites is 2. The second-order valence-electron chi connectivity index (χ2n) is 7.11. The molecule has 2 heterocycles. The summed E-state index contributed by atoms with van der Waals surface area (Å²) in [6.07, 6.45) is 1.18. The van der Waals surface area contributed by atoms with Gasteiger partial charge in [-0.05, 0) is 49.2 Å². The average molecular weight is 436 g/mol. The minimum Gasteiger partial charge on any atom is -0.342 e. The van der Waals surface area contributed by atoms with Gasteiger partial charge in [-0.25, -0.2) is 8.70 Å². The van der Waals surface area contributed by atoms with E-state index in [-0.39, 0.29) is 23.5 Å². The van der Waals surface area contributed by atoms with Crippen LogP contribution in [0.2, 0.25) is 0 Å². The maximum atomic E-state index is 13.0. The molecular formula is C20H22FN3O3S2. The number of carbonyl (C=O) groups excluding carboxylic acids is 1. The van der Waals surface area contributed by atoms with Crippen molar-refractivity contribution in [1.29, 1.82) is 0 Å². The van der Waals surface area contributed by atoms with Gasteiger partial charge in [0.1, 0.15) is 5.82 Å². The van der Waals surface area contributed by atoms with Gasteiger partial charge in [-0.1, -0.05) is 12.1 Å². The molecule has 1 fully saturated rings. The van der Waals surface area contributed by atoms with Crippen molar-refractivity contribution >= 4 is 39.3 Å². The zero-order chi connectivity index (χ0) is 20.6. The number of likely N-dealkylation sites (tertiary alicyclic amines) is 1. The summed E-state index contributed by atoms with van der Waals surface area (Å²) in [6, 6.07) is 13.2. The molecule has 0 saturated carbocycles. The normalized spacial score (nSPS) is 18.8. The summed E-state index contributed by atoms with van der Waals surface area (Å²) >= 11 is 1.38. The van der Waals surface area contributed by atoms with E-state index in [1.807, 2.05) is 18.2 Å². The molecule has 4 rings (SSSR count). The van der Waals surface area contributed by atoms with Crippen molar-refractivity contribution in [1.82, 2.24) is 4.90 Å². The number of benzene rings is 2. The van der Waals surface area contributed by atoms with Crippen LogP contribution in [0.4, 0.5) is 15.8 Å². The lowest BCUT2D eigenvalue weighted by Gasteiger charge is -2.36. The van der Waals surface area contributed by atoms with Crippen molar-refractivity contribution in [2.24, 2.45) is 0 Å². The Labute approximate surface area is 174 Å². The van der Waals surface area contributed by atoms with Crippen molar-refractivity contribution in [3.63, 3.8) is 0 Å². The Hall–Kier alpha value is -2.26. The number of hydrogen-bond donors (Lipinski definition) is 0. The predicted octanol–water partition coefficient (Wildman–Crippen LogP) is 3.11. The number of halogens is 1. The molecule has 0 bridgehead atoms. The summed E-state index contributed by atoms with van der Waals surface area (Å²) in [5.41, 5.74) is 1.38. The van der Waals surface area contributed by atoms with Crippen LogP contribution < -0.4 is 8.61 Å². The fraction of sp³-hybridized carbons (Fsp3) is 0.350. The van der Waals surface area contributed by atoms with Crippen molar-refractivity contribution in [2.75, 3.05) is 34.5 Å². The maximum absolute atomic E-state index is 13.0. The van der Waals surface area contributed by atoms with Crippen LogP contribution in [-0.4, -0.2) is 51.2 Å². The Bertz CT molecular complexity index is 1010. The first-order chi connectivity index (χ1) is 13.9. The summed E-state index contributed by atoms with van der Waals surface area (Å²) in [5, 5.41) is 0. The predicted molar refractivity (Wildman–Crippen MR) is 113 cm³/mol. The minimum atomic E-state index is -3.58. The van der Waals surface area contributed by atoms with Crippen LogP contribution in [0.1, 0.15) is 12.8 Å². The highest BCUT2D eigenvalue weighted by atomic mass is 32.2. The highest BCUT2D eigenvalue weighted by Gasteiger charge is 2.43. The molecule has 1 saturated heterocycles. The van der Waals surface area contributed by atoms with Crippen molar-refractivity contribution in [2.45, 2.75) is 23.8 Å². The van der Waals surface area contributed by atoms with E-state index >= 15 is 0 Å². The molecule has 9 heteroatoms. The van der Waals surface area contributed by atoms with E-state index in [9.17, 15) is 17.6 Å². The maximum Gasteiger partial charge on any atom is 0.326 e. The molecule has 2 aromatic rings. The number of fused-ring (bicyclic) bond motifs is 1. The average Bonchev–Trinajstić information content (AvgIpc) is 2.93. The van der Waals surface area contributed by atoms with Gasteiger partial charge in [0, 0.05) is 25.0 Å². The van der Waals surface area contributed by atoms with Crippen LogP contribution in [0, 0.1) is 5.82 Å². The highest BCUT2D eigenvalue weighted by Crippen LogP contribution is 2.42. The summed E-state index contributed by atoms with van der Waals surface area (Å²) < 4.78 is 41.6. The zero-order valence-corrected chi connectivity index (χ0v) is 17.6. The van der Waals surface area contributed by atoms with Crippen molar-refractivity contribution < 1.29 is 17.6 Å². The molecule has 2 aliphatic heterocycles. The third-order valence-corrected chi connectivity index (χ3v) is 8.26.